The third kappa shape index (κ3) is 3.77. The van der Waals surface area contributed by atoms with Gasteiger partial charge in [0.1, 0.15) is 5.82 Å². The molecule has 2 unspecified atom stereocenters. The van der Waals surface area contributed by atoms with Crippen molar-refractivity contribution in [3.8, 4) is 0 Å². The fourth-order valence-corrected chi connectivity index (χ4v) is 4.96. The summed E-state index contributed by atoms with van der Waals surface area (Å²) < 4.78 is 36.9. The third-order valence-corrected chi connectivity index (χ3v) is 6.19. The lowest BCUT2D eigenvalue weighted by molar-refractivity contribution is 0.402. The Bertz CT molecular complexity index is 562. The monoisotopic (exact) mass is 349 g/mol. The van der Waals surface area contributed by atoms with Crippen LogP contribution in [0.4, 0.5) is 4.39 Å². The first-order valence-electron chi connectivity index (χ1n) is 6.23. The van der Waals surface area contributed by atoms with Gasteiger partial charge >= 0.3 is 0 Å². The number of rotatable bonds is 4. The first-order valence-corrected chi connectivity index (χ1v) is 8.84. The van der Waals surface area contributed by atoms with Crippen LogP contribution in [0.1, 0.15) is 12.0 Å². The fraction of sp³-hybridized carbons (Fsp3) is 0.538. The van der Waals surface area contributed by atoms with Crippen LogP contribution < -0.4 is 5.32 Å². The summed E-state index contributed by atoms with van der Waals surface area (Å²) in [6.07, 6.45) is 1.39. The molecule has 1 saturated heterocycles. The Morgan fingerprint density at radius 2 is 2.26 bits per heavy atom. The maximum Gasteiger partial charge on any atom is 0.150 e. The molecule has 0 spiro atoms. The second-order valence-electron chi connectivity index (χ2n) is 5.00. The lowest BCUT2D eigenvalue weighted by atomic mass is 9.93. The molecule has 1 N–H and O–H groups in total. The zero-order chi connectivity index (χ0) is 14.0. The first kappa shape index (κ1) is 14.9. The van der Waals surface area contributed by atoms with Crippen LogP contribution in [0.25, 0.3) is 0 Å². The molecule has 1 aliphatic rings. The summed E-state index contributed by atoms with van der Waals surface area (Å²) >= 11 is 3.35. The molecule has 1 heterocycles. The molecule has 0 bridgehead atoms. The summed E-state index contributed by atoms with van der Waals surface area (Å²) in [5.74, 6) is 0.379. The van der Waals surface area contributed by atoms with Gasteiger partial charge in [-0.05, 0) is 43.5 Å². The van der Waals surface area contributed by atoms with Gasteiger partial charge in [0, 0.05) is 10.5 Å². The fourth-order valence-electron chi connectivity index (χ4n) is 2.57. The molecule has 1 aromatic rings. The third-order valence-electron chi connectivity index (χ3n) is 3.66. The zero-order valence-electron chi connectivity index (χ0n) is 10.7. The molecule has 0 amide bonds. The Labute approximate surface area is 121 Å². The average molecular weight is 350 g/mol. The maximum absolute atomic E-state index is 13.0. The molecule has 2 atom stereocenters. The summed E-state index contributed by atoms with van der Waals surface area (Å²) in [6, 6.07) is 4.71. The molecule has 3 nitrogen and oxygen atoms in total. The number of sulfone groups is 1. The highest BCUT2D eigenvalue weighted by Crippen LogP contribution is 2.26. The van der Waals surface area contributed by atoms with Gasteiger partial charge in [-0.1, -0.05) is 22.0 Å². The lowest BCUT2D eigenvalue weighted by Crippen LogP contribution is -2.36. The summed E-state index contributed by atoms with van der Waals surface area (Å²) in [4.78, 5) is 0. The highest BCUT2D eigenvalue weighted by atomic mass is 79.9. The second-order valence-corrected chi connectivity index (χ2v) is 8.08. The smallest absolute Gasteiger partial charge is 0.150 e. The molecule has 2 rings (SSSR count). The molecule has 6 heteroatoms. The van der Waals surface area contributed by atoms with Crippen molar-refractivity contribution in [2.24, 2.45) is 5.92 Å². The minimum atomic E-state index is -2.87. The van der Waals surface area contributed by atoms with Crippen molar-refractivity contribution < 1.29 is 12.8 Å². The van der Waals surface area contributed by atoms with Crippen LogP contribution in [0.15, 0.2) is 22.7 Å². The van der Waals surface area contributed by atoms with E-state index in [0.717, 1.165) is 10.0 Å². The predicted molar refractivity (Wildman–Crippen MR) is 77.4 cm³/mol. The number of nitrogens with one attached hydrogen (secondary N) is 1. The van der Waals surface area contributed by atoms with Gasteiger partial charge in [-0.25, -0.2) is 12.8 Å². The van der Waals surface area contributed by atoms with Crippen molar-refractivity contribution in [3.63, 3.8) is 0 Å². The second kappa shape index (κ2) is 5.89. The summed E-state index contributed by atoms with van der Waals surface area (Å²) in [5, 5.41) is 3.19. The highest BCUT2D eigenvalue weighted by molar-refractivity contribution is 9.10. The van der Waals surface area contributed by atoms with Crippen LogP contribution >= 0.6 is 15.9 Å². The molecule has 19 heavy (non-hydrogen) atoms. The molecule has 0 saturated carbocycles. The number of halogens is 2. The molecule has 106 valence electrons. The first-order chi connectivity index (χ1) is 8.91. The zero-order valence-corrected chi connectivity index (χ0v) is 13.1. The lowest BCUT2D eigenvalue weighted by Gasteiger charge is -2.22. The summed E-state index contributed by atoms with van der Waals surface area (Å²) in [5.41, 5.74) is 0.991. The molecular formula is C13H17BrFNO2S. The minimum Gasteiger partial charge on any atom is -0.316 e. The van der Waals surface area contributed by atoms with Gasteiger partial charge in [0.25, 0.3) is 0 Å². The number of likely N-dealkylation sites (N-methyl/N-ethyl adjacent to an activating group) is 1. The van der Waals surface area contributed by atoms with Gasteiger partial charge in [-0.15, -0.1) is 0 Å². The van der Waals surface area contributed by atoms with E-state index < -0.39 is 9.84 Å². The van der Waals surface area contributed by atoms with Gasteiger partial charge in [0.2, 0.25) is 0 Å². The van der Waals surface area contributed by atoms with E-state index in [1.165, 1.54) is 12.1 Å². The van der Waals surface area contributed by atoms with Crippen LogP contribution in [0.5, 0.6) is 0 Å². The Hall–Kier alpha value is -0.460. The van der Waals surface area contributed by atoms with Gasteiger partial charge < -0.3 is 5.32 Å². The van der Waals surface area contributed by atoms with Crippen molar-refractivity contribution in [1.82, 2.24) is 5.32 Å². The summed E-state index contributed by atoms with van der Waals surface area (Å²) in [6.45, 7) is 0. The van der Waals surface area contributed by atoms with E-state index >= 15 is 0 Å². The van der Waals surface area contributed by atoms with E-state index in [1.807, 2.05) is 7.05 Å². The quantitative estimate of drug-likeness (QED) is 0.905. The molecule has 1 aliphatic heterocycles. The number of benzene rings is 1. The van der Waals surface area contributed by atoms with E-state index in [-0.39, 0.29) is 29.3 Å². The van der Waals surface area contributed by atoms with E-state index in [0.29, 0.717) is 12.8 Å². The Morgan fingerprint density at radius 1 is 1.53 bits per heavy atom. The van der Waals surface area contributed by atoms with Crippen molar-refractivity contribution in [1.29, 1.82) is 0 Å². The summed E-state index contributed by atoms with van der Waals surface area (Å²) in [7, 11) is -1.03. The van der Waals surface area contributed by atoms with Crippen molar-refractivity contribution in [3.05, 3.63) is 34.1 Å². The van der Waals surface area contributed by atoms with E-state index in [9.17, 15) is 12.8 Å². The topological polar surface area (TPSA) is 46.2 Å². The standard InChI is InChI=1S/C13H17BrFNO2S/c1-16-13(10-4-5-19(17,18)8-10)6-9-2-3-11(15)7-12(9)14/h2-3,7,10,13,16H,4-6,8H2,1H3. The Balaban J connectivity index is 2.11. The van der Waals surface area contributed by atoms with Gasteiger partial charge in [0.05, 0.1) is 11.5 Å². The van der Waals surface area contributed by atoms with Crippen LogP contribution in [-0.2, 0) is 16.3 Å². The van der Waals surface area contributed by atoms with Gasteiger partial charge in [-0.2, -0.15) is 0 Å². The minimum absolute atomic E-state index is 0.0963. The van der Waals surface area contributed by atoms with Crippen LogP contribution in [0.2, 0.25) is 0 Å². The Kier molecular flexibility index (Phi) is 4.63. The van der Waals surface area contributed by atoms with Crippen molar-refractivity contribution in [2.75, 3.05) is 18.6 Å². The Morgan fingerprint density at radius 3 is 2.79 bits per heavy atom. The van der Waals surface area contributed by atoms with E-state index in [2.05, 4.69) is 21.2 Å². The average Bonchev–Trinajstić information content (AvgIpc) is 2.69. The maximum atomic E-state index is 13.0. The normalized spacial score (nSPS) is 23.4. The van der Waals surface area contributed by atoms with Crippen molar-refractivity contribution in [2.45, 2.75) is 18.9 Å². The van der Waals surface area contributed by atoms with Gasteiger partial charge in [0.15, 0.2) is 9.84 Å². The number of hydrogen-bond acceptors (Lipinski definition) is 3. The van der Waals surface area contributed by atoms with Crippen LogP contribution in [0, 0.1) is 11.7 Å². The SMILES string of the molecule is CNC(Cc1ccc(F)cc1Br)C1CCS(=O)(=O)C1. The molecule has 0 aromatic heterocycles. The number of hydrogen-bond donors (Lipinski definition) is 1. The molecule has 1 fully saturated rings. The predicted octanol–water partition coefficient (Wildman–Crippen LogP) is 2.15. The van der Waals surface area contributed by atoms with Gasteiger partial charge in [-0.3, -0.25) is 0 Å². The van der Waals surface area contributed by atoms with Crippen LogP contribution in [0.3, 0.4) is 0 Å². The van der Waals surface area contributed by atoms with E-state index in [4.69, 9.17) is 0 Å². The van der Waals surface area contributed by atoms with E-state index in [1.54, 1.807) is 6.07 Å². The molecule has 0 aliphatic carbocycles. The highest BCUT2D eigenvalue weighted by Gasteiger charge is 2.33. The molecule has 1 aromatic carbocycles. The van der Waals surface area contributed by atoms with Crippen LogP contribution in [-0.4, -0.2) is 33.0 Å². The molecular weight excluding hydrogens is 333 g/mol. The van der Waals surface area contributed by atoms with Crippen molar-refractivity contribution >= 4 is 25.8 Å². The molecule has 0 radical (unpaired) electrons. The largest absolute Gasteiger partial charge is 0.316 e.